The molecule has 14 rings (SSSR count). The van der Waals surface area contributed by atoms with E-state index in [2.05, 4.69) is 302 Å². The van der Waals surface area contributed by atoms with Crippen molar-refractivity contribution in [2.75, 3.05) is 0 Å². The molecule has 74 heavy (non-hydrogen) atoms. The predicted molar refractivity (Wildman–Crippen MR) is 327 cm³/mol. The third kappa shape index (κ3) is 12.6. The second kappa shape index (κ2) is 24.1. The van der Waals surface area contributed by atoms with Gasteiger partial charge in [-0.3, -0.25) is 0 Å². The molecular formula is C74H64. The van der Waals surface area contributed by atoms with Gasteiger partial charge in [0.1, 0.15) is 0 Å². The van der Waals surface area contributed by atoms with Gasteiger partial charge in [-0.15, -0.1) is 0 Å². The summed E-state index contributed by atoms with van der Waals surface area (Å²) in [5.41, 5.74) is 7.98. The van der Waals surface area contributed by atoms with E-state index in [-0.39, 0.29) is 0 Å². The maximum absolute atomic E-state index is 2.26. The highest BCUT2D eigenvalue weighted by Crippen LogP contribution is 2.29. The zero-order chi connectivity index (χ0) is 51.2. The van der Waals surface area contributed by atoms with Crippen molar-refractivity contribution in [1.29, 1.82) is 0 Å². The Kier molecular flexibility index (Phi) is 16.3. The molecule has 0 amide bonds. The lowest BCUT2D eigenvalue weighted by molar-refractivity contribution is 1.48. The van der Waals surface area contributed by atoms with Crippen LogP contribution < -0.4 is 0 Å². The number of aryl methyl sites for hydroxylation is 6. The van der Waals surface area contributed by atoms with E-state index in [0.29, 0.717) is 0 Å². The van der Waals surface area contributed by atoms with Crippen LogP contribution in [-0.2, 0) is 0 Å². The maximum atomic E-state index is 2.26. The Balaban J connectivity index is 0.000000111. The molecule has 0 atom stereocenters. The van der Waals surface area contributed by atoms with Gasteiger partial charge in [-0.05, 0) is 151 Å². The van der Waals surface area contributed by atoms with E-state index < -0.39 is 0 Å². The van der Waals surface area contributed by atoms with Crippen LogP contribution in [0.1, 0.15) is 33.4 Å². The first-order valence-electron chi connectivity index (χ1n) is 25.7. The van der Waals surface area contributed by atoms with Gasteiger partial charge in [0.15, 0.2) is 0 Å². The lowest BCUT2D eigenvalue weighted by Crippen LogP contribution is -1.81. The van der Waals surface area contributed by atoms with Gasteiger partial charge in [0, 0.05) is 0 Å². The average molecular weight is 953 g/mol. The molecule has 14 aromatic rings. The van der Waals surface area contributed by atoms with Gasteiger partial charge in [0.25, 0.3) is 0 Å². The molecule has 0 saturated carbocycles. The first kappa shape index (κ1) is 50.1. The number of benzene rings is 14. The van der Waals surface area contributed by atoms with Crippen LogP contribution in [0.4, 0.5) is 0 Å². The summed E-state index contributed by atoms with van der Waals surface area (Å²) < 4.78 is 0. The second-order valence-electron chi connectivity index (χ2n) is 19.3. The van der Waals surface area contributed by atoms with Crippen LogP contribution in [0.25, 0.3) is 86.2 Å². The zero-order valence-electron chi connectivity index (χ0n) is 43.6. The standard InChI is InChI=1S/3C15H12.2C11H10.C7H8/c1-11-10-12-6-2-3-8-14(12)15-9-5-4-7-13(11)15;1-11-6-9-15-13(10-11)8-7-12-4-2-3-5-14(12)15;1-11-6-7-14-9-12-4-2-3-5-13(12)10-15(14)8-11;1-9-5-4-7-10-6-2-3-8-11(9)10;1-9-6-7-10-4-2-3-5-11(10)8-9;1-7-5-3-2-4-6-7/h3*2-10H,1H3;2*2-8H,1H3;2-6H,1H3. The molecule has 0 unspecified atom stereocenters. The molecule has 0 radical (unpaired) electrons. The van der Waals surface area contributed by atoms with Crippen LogP contribution >= 0.6 is 0 Å². The molecule has 0 aromatic heterocycles. The summed E-state index contributed by atoms with van der Waals surface area (Å²) >= 11 is 0. The van der Waals surface area contributed by atoms with Crippen molar-refractivity contribution in [3.05, 3.63) is 312 Å². The molecule has 360 valence electrons. The molecule has 0 aliphatic carbocycles. The lowest BCUT2D eigenvalue weighted by atomic mass is 9.98. The van der Waals surface area contributed by atoms with Gasteiger partial charge in [-0.1, -0.05) is 289 Å². The molecule has 0 heteroatoms. The Hall–Kier alpha value is -8.84. The van der Waals surface area contributed by atoms with Crippen LogP contribution in [-0.4, -0.2) is 0 Å². The maximum Gasteiger partial charge on any atom is -0.0103 e. The summed E-state index contributed by atoms with van der Waals surface area (Å²) in [5.74, 6) is 0. The van der Waals surface area contributed by atoms with Gasteiger partial charge < -0.3 is 0 Å². The van der Waals surface area contributed by atoms with E-state index >= 15 is 0 Å². The van der Waals surface area contributed by atoms with Crippen molar-refractivity contribution in [3.8, 4) is 0 Å². The second-order valence-corrected chi connectivity index (χ2v) is 19.3. The van der Waals surface area contributed by atoms with Crippen LogP contribution in [0.2, 0.25) is 0 Å². The number of hydrogen-bond donors (Lipinski definition) is 0. The highest BCUT2D eigenvalue weighted by atomic mass is 14.1. The fraction of sp³-hybridized carbons (Fsp3) is 0.0811. The number of hydrogen-bond acceptors (Lipinski definition) is 0. The number of rotatable bonds is 0. The van der Waals surface area contributed by atoms with E-state index in [9.17, 15) is 0 Å². The Morgan fingerprint density at radius 2 is 0.500 bits per heavy atom. The fourth-order valence-corrected chi connectivity index (χ4v) is 9.66. The molecule has 0 N–H and O–H groups in total. The minimum atomic E-state index is 1.31. The largest absolute Gasteiger partial charge is 0.0622 e. The third-order valence-electron chi connectivity index (χ3n) is 13.6. The van der Waals surface area contributed by atoms with Crippen LogP contribution in [0.15, 0.2) is 279 Å². The first-order chi connectivity index (χ1) is 36.2. The van der Waals surface area contributed by atoms with E-state index in [1.807, 2.05) is 18.2 Å². The lowest BCUT2D eigenvalue weighted by Gasteiger charge is -2.06. The summed E-state index contributed by atoms with van der Waals surface area (Å²) in [6.45, 7) is 12.8. The first-order valence-corrected chi connectivity index (χ1v) is 25.7. The topological polar surface area (TPSA) is 0 Å². The third-order valence-corrected chi connectivity index (χ3v) is 13.6. The van der Waals surface area contributed by atoms with Crippen LogP contribution in [0.3, 0.4) is 0 Å². The summed E-state index contributed by atoms with van der Waals surface area (Å²) in [6, 6.07) is 98.6. The summed E-state index contributed by atoms with van der Waals surface area (Å²) in [7, 11) is 0. The van der Waals surface area contributed by atoms with Crippen LogP contribution in [0, 0.1) is 41.5 Å². The Morgan fingerprint density at radius 1 is 0.149 bits per heavy atom. The van der Waals surface area contributed by atoms with E-state index in [1.54, 1.807) is 0 Å². The fourth-order valence-electron chi connectivity index (χ4n) is 9.66. The zero-order valence-corrected chi connectivity index (χ0v) is 43.6. The summed E-state index contributed by atoms with van der Waals surface area (Å²) in [6.07, 6.45) is 0. The van der Waals surface area contributed by atoms with Gasteiger partial charge in [-0.2, -0.15) is 0 Å². The molecule has 0 spiro atoms. The van der Waals surface area contributed by atoms with E-state index in [0.717, 1.165) is 0 Å². The molecule has 0 aliphatic heterocycles. The SMILES string of the molecule is Cc1cc2ccccc2c2ccccc12.Cc1ccc2c(ccc3ccccc32)c1.Cc1ccc2cc3ccccc3cc2c1.Cc1ccc2ccccc2c1.Cc1cccc2ccccc12.Cc1ccccc1. The smallest absolute Gasteiger partial charge is 0.0103 e. The van der Waals surface area contributed by atoms with Crippen molar-refractivity contribution in [1.82, 2.24) is 0 Å². The monoisotopic (exact) mass is 953 g/mol. The Bertz CT molecular complexity index is 4120. The molecule has 0 fully saturated rings. The quantitative estimate of drug-likeness (QED) is 0.105. The molecule has 0 aliphatic rings. The van der Waals surface area contributed by atoms with E-state index in [1.165, 1.54) is 120 Å². The molecule has 0 bridgehead atoms. The predicted octanol–water partition coefficient (Wildman–Crippen LogP) is 21.2. The molecule has 0 heterocycles. The minimum absolute atomic E-state index is 1.31. The van der Waals surface area contributed by atoms with Crippen molar-refractivity contribution in [2.24, 2.45) is 0 Å². The number of fused-ring (bicyclic) bond motifs is 10. The molecule has 14 aromatic carbocycles. The summed E-state index contributed by atoms with van der Waals surface area (Å²) in [4.78, 5) is 0. The van der Waals surface area contributed by atoms with Crippen LogP contribution in [0.5, 0.6) is 0 Å². The van der Waals surface area contributed by atoms with Crippen molar-refractivity contribution in [3.63, 3.8) is 0 Å². The van der Waals surface area contributed by atoms with Crippen molar-refractivity contribution < 1.29 is 0 Å². The molecule has 0 nitrogen and oxygen atoms in total. The van der Waals surface area contributed by atoms with Gasteiger partial charge in [0.05, 0.1) is 0 Å². The van der Waals surface area contributed by atoms with Gasteiger partial charge >= 0.3 is 0 Å². The molecular weight excluding hydrogens is 889 g/mol. The van der Waals surface area contributed by atoms with Crippen molar-refractivity contribution >= 4 is 86.2 Å². The minimum Gasteiger partial charge on any atom is -0.0622 e. The highest BCUT2D eigenvalue weighted by molar-refractivity contribution is 6.09. The highest BCUT2D eigenvalue weighted by Gasteiger charge is 2.03. The Labute approximate surface area is 437 Å². The van der Waals surface area contributed by atoms with Crippen molar-refractivity contribution in [2.45, 2.75) is 41.5 Å². The normalized spacial score (nSPS) is 10.6. The Morgan fingerprint density at radius 3 is 1.11 bits per heavy atom. The molecule has 0 saturated heterocycles. The summed E-state index contributed by atoms with van der Waals surface area (Å²) in [5, 5.41) is 21.3. The average Bonchev–Trinajstić information content (AvgIpc) is 3.44. The van der Waals surface area contributed by atoms with Gasteiger partial charge in [-0.25, -0.2) is 0 Å². The van der Waals surface area contributed by atoms with E-state index in [4.69, 9.17) is 0 Å². The van der Waals surface area contributed by atoms with Gasteiger partial charge in [0.2, 0.25) is 0 Å².